The van der Waals surface area contributed by atoms with E-state index in [4.69, 9.17) is 9.47 Å². The van der Waals surface area contributed by atoms with Crippen LogP contribution in [0.4, 0.5) is 5.95 Å². The third-order valence-electron chi connectivity index (χ3n) is 4.52. The molecule has 1 saturated heterocycles. The van der Waals surface area contributed by atoms with Crippen LogP contribution in [-0.2, 0) is 16.5 Å². The number of nitrogens with one attached hydrogen (secondary N) is 2. The Morgan fingerprint density at radius 3 is 2.92 bits per heavy atom. The average Bonchev–Trinajstić information content (AvgIpc) is 2.98. The summed E-state index contributed by atoms with van der Waals surface area (Å²) in [6.07, 6.45) is 0.174. The van der Waals surface area contributed by atoms with Crippen LogP contribution in [0.3, 0.4) is 0 Å². The van der Waals surface area contributed by atoms with Crippen LogP contribution >= 0.6 is 0 Å². The van der Waals surface area contributed by atoms with E-state index in [1.54, 1.807) is 29.6 Å². The number of ether oxygens (including phenoxy) is 2. The fourth-order valence-electron chi connectivity index (χ4n) is 3.33. The fraction of sp³-hybridized carbons (Fsp3) is 0.688. The van der Waals surface area contributed by atoms with Gasteiger partial charge in [0.25, 0.3) is 11.5 Å². The van der Waals surface area contributed by atoms with Gasteiger partial charge in [-0.3, -0.25) is 14.3 Å². The fourth-order valence-corrected chi connectivity index (χ4v) is 3.33. The molecular formula is C16H26N5O4+. The Kier molecular flexibility index (Phi) is 4.81. The van der Waals surface area contributed by atoms with Crippen molar-refractivity contribution in [2.75, 3.05) is 19.0 Å². The lowest BCUT2D eigenvalue weighted by Gasteiger charge is -2.16. The zero-order valence-electron chi connectivity index (χ0n) is 15.2. The van der Waals surface area contributed by atoms with E-state index >= 15 is 0 Å². The first-order chi connectivity index (χ1) is 11.8. The molecule has 3 rings (SSSR count). The van der Waals surface area contributed by atoms with Crippen molar-refractivity contribution in [2.24, 2.45) is 13.0 Å². The molecule has 1 fully saturated rings. The number of anilines is 1. The molecule has 0 unspecified atom stereocenters. The van der Waals surface area contributed by atoms with Crippen LogP contribution in [-0.4, -0.2) is 51.6 Å². The van der Waals surface area contributed by atoms with E-state index in [0.717, 1.165) is 0 Å². The normalized spacial score (nSPS) is 26.7. The highest BCUT2D eigenvalue weighted by Crippen LogP contribution is 2.31. The molecule has 2 aromatic rings. The van der Waals surface area contributed by atoms with Crippen molar-refractivity contribution >= 4 is 17.1 Å². The molecule has 4 atom stereocenters. The Morgan fingerprint density at radius 2 is 2.28 bits per heavy atom. The van der Waals surface area contributed by atoms with Gasteiger partial charge in [0.1, 0.15) is 6.10 Å². The average molecular weight is 352 g/mol. The molecule has 0 radical (unpaired) electrons. The van der Waals surface area contributed by atoms with Crippen molar-refractivity contribution < 1.29 is 19.1 Å². The number of nitrogens with zero attached hydrogens (tertiary/aromatic N) is 3. The Labute approximate surface area is 145 Å². The van der Waals surface area contributed by atoms with Crippen LogP contribution in [0, 0.1) is 5.92 Å². The first-order valence-corrected chi connectivity index (χ1v) is 8.43. The number of fused-ring (bicyclic) bond motifs is 1. The van der Waals surface area contributed by atoms with E-state index in [2.05, 4.69) is 15.3 Å². The molecule has 0 bridgehead atoms. The van der Waals surface area contributed by atoms with Crippen LogP contribution in [0.25, 0.3) is 11.2 Å². The SMILES string of the molecule is COC[C@H]1[C@@H](O)[C@H]([n+]2cn(C)c3c(=O)[nH]c(NC(C)C)nc32)O[C@@H]1C. The lowest BCUT2D eigenvalue weighted by Crippen LogP contribution is -2.45. The van der Waals surface area contributed by atoms with E-state index in [9.17, 15) is 9.90 Å². The lowest BCUT2D eigenvalue weighted by atomic mass is 10.0. The van der Waals surface area contributed by atoms with Crippen molar-refractivity contribution in [1.29, 1.82) is 0 Å². The van der Waals surface area contributed by atoms with Gasteiger partial charge in [-0.1, -0.05) is 4.98 Å². The van der Waals surface area contributed by atoms with Gasteiger partial charge in [0.05, 0.1) is 19.8 Å². The number of methoxy groups -OCH3 is 1. The smallest absolute Gasteiger partial charge is 0.313 e. The van der Waals surface area contributed by atoms with Gasteiger partial charge in [-0.05, 0) is 20.8 Å². The second-order valence-electron chi connectivity index (χ2n) is 6.86. The van der Waals surface area contributed by atoms with Crippen molar-refractivity contribution in [3.63, 3.8) is 0 Å². The van der Waals surface area contributed by atoms with E-state index in [0.29, 0.717) is 23.7 Å². The summed E-state index contributed by atoms with van der Waals surface area (Å²) in [5.74, 6) is 0.245. The van der Waals surface area contributed by atoms with Gasteiger partial charge in [0.2, 0.25) is 11.7 Å². The first kappa shape index (κ1) is 17.8. The summed E-state index contributed by atoms with van der Waals surface area (Å²) in [7, 11) is 3.37. The van der Waals surface area contributed by atoms with Crippen LogP contribution in [0.2, 0.25) is 0 Å². The van der Waals surface area contributed by atoms with E-state index in [1.807, 2.05) is 20.8 Å². The van der Waals surface area contributed by atoms with E-state index in [1.165, 1.54) is 0 Å². The maximum atomic E-state index is 12.4. The molecular weight excluding hydrogens is 326 g/mol. The van der Waals surface area contributed by atoms with Crippen molar-refractivity contribution in [2.45, 2.75) is 45.2 Å². The second kappa shape index (κ2) is 6.74. The maximum Gasteiger partial charge on any atom is 0.313 e. The maximum absolute atomic E-state index is 12.4. The highest BCUT2D eigenvalue weighted by Gasteiger charge is 2.45. The zero-order valence-corrected chi connectivity index (χ0v) is 15.2. The third kappa shape index (κ3) is 3.14. The van der Waals surface area contributed by atoms with E-state index < -0.39 is 12.3 Å². The van der Waals surface area contributed by atoms with Gasteiger partial charge in [-0.25, -0.2) is 4.57 Å². The summed E-state index contributed by atoms with van der Waals surface area (Å²) in [5.41, 5.74) is 0.639. The molecule has 1 aliphatic heterocycles. The predicted octanol–water partition coefficient (Wildman–Crippen LogP) is -0.0898. The number of hydrogen-bond donors (Lipinski definition) is 3. The summed E-state index contributed by atoms with van der Waals surface area (Å²) in [5, 5.41) is 13.8. The molecule has 138 valence electrons. The summed E-state index contributed by atoms with van der Waals surface area (Å²) in [4.78, 5) is 19.7. The molecule has 0 aliphatic carbocycles. The van der Waals surface area contributed by atoms with Gasteiger partial charge in [-0.2, -0.15) is 0 Å². The summed E-state index contributed by atoms with van der Waals surface area (Å²) in [6, 6.07) is 0.122. The number of aromatic nitrogens is 4. The van der Waals surface area contributed by atoms with Gasteiger partial charge >= 0.3 is 5.65 Å². The van der Waals surface area contributed by atoms with Gasteiger partial charge in [0, 0.05) is 19.1 Å². The minimum Gasteiger partial charge on any atom is -0.386 e. The van der Waals surface area contributed by atoms with Crippen molar-refractivity contribution in [1.82, 2.24) is 14.5 Å². The minimum atomic E-state index is -0.756. The molecule has 0 saturated carbocycles. The highest BCUT2D eigenvalue weighted by molar-refractivity contribution is 5.67. The number of imidazole rings is 1. The molecule has 2 aromatic heterocycles. The molecule has 3 N–H and O–H groups in total. The summed E-state index contributed by atoms with van der Waals surface area (Å²) < 4.78 is 14.5. The Bertz CT molecular complexity index is 815. The Morgan fingerprint density at radius 1 is 1.56 bits per heavy atom. The third-order valence-corrected chi connectivity index (χ3v) is 4.52. The highest BCUT2D eigenvalue weighted by atomic mass is 16.5. The number of aliphatic hydroxyl groups is 1. The van der Waals surface area contributed by atoms with Crippen LogP contribution in [0.5, 0.6) is 0 Å². The second-order valence-corrected chi connectivity index (χ2v) is 6.86. The molecule has 25 heavy (non-hydrogen) atoms. The summed E-state index contributed by atoms with van der Waals surface area (Å²) >= 11 is 0. The minimum absolute atomic E-state index is 0.122. The Balaban J connectivity index is 2.07. The number of H-pyrrole nitrogens is 1. The molecule has 9 heteroatoms. The van der Waals surface area contributed by atoms with Crippen molar-refractivity contribution in [3.05, 3.63) is 16.7 Å². The number of aliphatic hydroxyl groups excluding tert-OH is 1. The Hall–Kier alpha value is -1.97. The molecule has 0 spiro atoms. The largest absolute Gasteiger partial charge is 0.386 e. The zero-order chi connectivity index (χ0) is 18.3. The standard InChI is InChI=1S/C16H25N5O4/c1-8(2)17-16-18-13-11(14(23)19-16)20(4)7-21(13)15-12(22)10(6-24-5)9(3)25-15/h7-10,12,15,22H,6H2,1-5H3,(H-,17,18,19,23)/p+1/t9-,10-,12-,15-/m1/s1. The van der Waals surface area contributed by atoms with Crippen LogP contribution < -0.4 is 15.4 Å². The molecule has 1 aliphatic rings. The predicted molar refractivity (Wildman–Crippen MR) is 91.2 cm³/mol. The number of hydrogen-bond acceptors (Lipinski definition) is 6. The topological polar surface area (TPSA) is 105 Å². The van der Waals surface area contributed by atoms with Crippen molar-refractivity contribution in [3.8, 4) is 0 Å². The van der Waals surface area contributed by atoms with Crippen LogP contribution in [0.1, 0.15) is 27.0 Å². The van der Waals surface area contributed by atoms with E-state index in [-0.39, 0.29) is 23.6 Å². The molecule has 0 amide bonds. The monoisotopic (exact) mass is 352 g/mol. The lowest BCUT2D eigenvalue weighted by molar-refractivity contribution is -0.745. The number of rotatable bonds is 5. The molecule has 0 aromatic carbocycles. The quantitative estimate of drug-likeness (QED) is 0.650. The number of aryl methyl sites for hydroxylation is 1. The van der Waals surface area contributed by atoms with Gasteiger partial charge in [0.15, 0.2) is 6.33 Å². The molecule has 3 heterocycles. The first-order valence-electron chi connectivity index (χ1n) is 8.43. The molecule has 9 nitrogen and oxygen atoms in total. The van der Waals surface area contributed by atoms with Gasteiger partial charge in [-0.15, -0.1) is 0 Å². The number of aromatic amines is 1. The van der Waals surface area contributed by atoms with Crippen LogP contribution in [0.15, 0.2) is 11.1 Å². The summed E-state index contributed by atoms with van der Waals surface area (Å²) in [6.45, 7) is 6.23. The van der Waals surface area contributed by atoms with Gasteiger partial charge < -0.3 is 19.9 Å².